The van der Waals surface area contributed by atoms with Gasteiger partial charge in [-0.25, -0.2) is 4.98 Å². The van der Waals surface area contributed by atoms with Crippen LogP contribution in [0.25, 0.3) is 72.7 Å². The number of nitrogens with zero attached hydrogens (tertiary/aromatic N) is 3. The lowest BCUT2D eigenvalue weighted by Gasteiger charge is -2.40. The first kappa shape index (κ1) is 34.3. The minimum absolute atomic E-state index is 0.0167. The molecule has 0 bridgehead atoms. The fraction of sp³-hybridized carbons (Fsp3) is 0.288. The van der Waals surface area contributed by atoms with Gasteiger partial charge in [0.25, 0.3) is 0 Å². The van der Waals surface area contributed by atoms with Gasteiger partial charge in [0.15, 0.2) is 0 Å². The molecule has 0 fully saturated rings. The Bertz CT molecular complexity index is 3390. The molecular formula is C59H63N3O. The molecular weight excluding hydrogens is 767 g/mol. The minimum Gasteiger partial charge on any atom is -0.507 e. The van der Waals surface area contributed by atoms with Crippen LogP contribution in [0.1, 0.15) is 128 Å². The van der Waals surface area contributed by atoms with E-state index in [4.69, 9.17) is 14.6 Å². The number of rotatable bonds is 9. The van der Waals surface area contributed by atoms with Crippen LogP contribution in [0.5, 0.6) is 5.75 Å². The quantitative estimate of drug-likeness (QED) is 0.158. The van der Waals surface area contributed by atoms with Crippen molar-refractivity contribution in [3.8, 4) is 67.5 Å². The highest BCUT2D eigenvalue weighted by molar-refractivity contribution is 5.98. The number of benzene rings is 6. The highest BCUT2D eigenvalue weighted by atomic mass is 16.3. The third-order valence-corrected chi connectivity index (χ3v) is 13.0. The molecule has 320 valence electrons. The van der Waals surface area contributed by atoms with Gasteiger partial charge in [0.05, 0.1) is 38.9 Å². The minimum atomic E-state index is -0.598. The number of aromatic hydroxyl groups is 1. The number of phenols is 1. The average Bonchev–Trinajstić information content (AvgIpc) is 3.71. The third-order valence-electron chi connectivity index (χ3n) is 13.0. The van der Waals surface area contributed by atoms with Crippen LogP contribution in [0.4, 0.5) is 0 Å². The number of pyridine rings is 1. The molecule has 6 aromatic carbocycles. The van der Waals surface area contributed by atoms with E-state index in [2.05, 4.69) is 141 Å². The summed E-state index contributed by atoms with van der Waals surface area (Å²) in [6.07, 6.45) is -0.499. The van der Waals surface area contributed by atoms with E-state index in [1.54, 1.807) is 0 Å². The lowest BCUT2D eigenvalue weighted by molar-refractivity contribution is 0.225. The van der Waals surface area contributed by atoms with Crippen molar-refractivity contribution in [1.29, 1.82) is 0 Å². The van der Waals surface area contributed by atoms with Gasteiger partial charge in [-0.15, -0.1) is 0 Å². The van der Waals surface area contributed by atoms with Gasteiger partial charge in [-0.1, -0.05) is 174 Å². The van der Waals surface area contributed by atoms with Crippen LogP contribution in [-0.4, -0.2) is 19.6 Å². The van der Waals surface area contributed by atoms with Gasteiger partial charge in [-0.05, 0) is 121 Å². The van der Waals surface area contributed by atoms with E-state index in [1.807, 2.05) is 48.5 Å². The second-order valence-electron chi connectivity index (χ2n) is 20.0. The van der Waals surface area contributed by atoms with Crippen LogP contribution in [0.3, 0.4) is 0 Å². The van der Waals surface area contributed by atoms with Crippen molar-refractivity contribution < 1.29 is 16.1 Å². The number of imidazole rings is 1. The van der Waals surface area contributed by atoms with E-state index in [0.717, 1.165) is 50.1 Å². The van der Waals surface area contributed by atoms with Crippen LogP contribution in [0, 0.1) is 5.41 Å². The molecule has 0 amide bonds. The molecule has 0 aliphatic heterocycles. The van der Waals surface area contributed by atoms with Gasteiger partial charge in [-0.2, -0.15) is 0 Å². The zero-order valence-electron chi connectivity index (χ0n) is 46.7. The number of phenolic OH excluding ortho intramolecular Hbond substituents is 1. The molecule has 4 nitrogen and oxygen atoms in total. The van der Waals surface area contributed by atoms with Gasteiger partial charge < -0.3 is 5.11 Å². The molecule has 0 saturated carbocycles. The van der Waals surface area contributed by atoms with E-state index < -0.39 is 47.8 Å². The number of aromatic nitrogens is 3. The molecule has 0 saturated heterocycles. The van der Waals surface area contributed by atoms with Crippen molar-refractivity contribution in [3.63, 3.8) is 0 Å². The van der Waals surface area contributed by atoms with Gasteiger partial charge >= 0.3 is 0 Å². The number of fused-ring (bicyclic) bond motifs is 1. The van der Waals surface area contributed by atoms with Crippen LogP contribution in [-0.2, 0) is 10.8 Å². The molecule has 0 radical (unpaired) electrons. The molecule has 8 aromatic rings. The number of hydrogen-bond acceptors (Lipinski definition) is 3. The Balaban J connectivity index is 1.48. The maximum absolute atomic E-state index is 12.4. The van der Waals surface area contributed by atoms with Crippen LogP contribution >= 0.6 is 0 Å². The summed E-state index contributed by atoms with van der Waals surface area (Å²) in [4.78, 5) is 10.1. The summed E-state index contributed by atoms with van der Waals surface area (Å²) in [5.74, 6) is 0.898. The van der Waals surface area contributed by atoms with Gasteiger partial charge in [0.1, 0.15) is 11.6 Å². The second-order valence-corrected chi connectivity index (χ2v) is 20.0. The predicted octanol–water partition coefficient (Wildman–Crippen LogP) is 16.3. The van der Waals surface area contributed by atoms with Crippen molar-refractivity contribution in [1.82, 2.24) is 14.5 Å². The Morgan fingerprint density at radius 1 is 0.603 bits per heavy atom. The van der Waals surface area contributed by atoms with Crippen LogP contribution < -0.4 is 0 Å². The summed E-state index contributed by atoms with van der Waals surface area (Å²) in [5.41, 5.74) is 9.57. The Kier molecular flexibility index (Phi) is 8.95. The summed E-state index contributed by atoms with van der Waals surface area (Å²) in [7, 11) is 0. The van der Waals surface area contributed by atoms with Crippen molar-refractivity contribution in [2.45, 2.75) is 106 Å². The van der Waals surface area contributed by atoms with E-state index in [1.165, 1.54) is 5.56 Å². The smallest absolute Gasteiger partial charge is 0.149 e. The predicted molar refractivity (Wildman–Crippen MR) is 267 cm³/mol. The lowest BCUT2D eigenvalue weighted by atomic mass is 9.65. The Morgan fingerprint density at radius 3 is 1.98 bits per heavy atom. The topological polar surface area (TPSA) is 50.9 Å². The van der Waals surface area contributed by atoms with E-state index in [0.29, 0.717) is 22.5 Å². The fourth-order valence-corrected chi connectivity index (χ4v) is 8.09. The second kappa shape index (κ2) is 16.5. The number of hydrogen-bond donors (Lipinski definition) is 1. The fourth-order valence-electron chi connectivity index (χ4n) is 8.09. The molecule has 0 spiro atoms. The molecule has 2 heterocycles. The monoisotopic (exact) mass is 838 g/mol. The van der Waals surface area contributed by atoms with Gasteiger partial charge in [-0.3, -0.25) is 9.55 Å². The van der Waals surface area contributed by atoms with E-state index >= 15 is 0 Å². The zero-order valence-corrected chi connectivity index (χ0v) is 38.7. The van der Waals surface area contributed by atoms with E-state index in [9.17, 15) is 6.48 Å². The summed E-state index contributed by atoms with van der Waals surface area (Å²) in [5, 5.41) is 12.4. The highest BCUT2D eigenvalue weighted by Crippen LogP contribution is 2.47. The van der Waals surface area contributed by atoms with Crippen LogP contribution in [0.15, 0.2) is 146 Å². The summed E-state index contributed by atoms with van der Waals surface area (Å²) < 4.78 is 71.9. The summed E-state index contributed by atoms with van der Waals surface area (Å²) >= 11 is 0. The van der Waals surface area contributed by atoms with Crippen molar-refractivity contribution in [2.24, 2.45) is 5.41 Å². The maximum atomic E-state index is 12.4. The molecule has 0 unspecified atom stereocenters. The Morgan fingerprint density at radius 2 is 1.32 bits per heavy atom. The molecule has 1 N–H and O–H groups in total. The standard InChI is InChI=1S/C59H63N3O/c1-37(2)42-33-48(38(3)4)55(63)50(34-42)56-61-54-47(43-30-44(32-46(31-43)57(5,6)7)51-35-41(28-29-60-51)39-20-15-13-16-21-39)24-19-25-53(54)62(56)52-27-26-45(59(11,12)58(8,9)10)36-49(52)40-22-17-14-18-23-40/h13-38,63H,1-12H3/i13D,15D,16D,20D,21D,28D,29D,35D. The first-order valence-electron chi connectivity index (χ1n) is 26.0. The van der Waals surface area contributed by atoms with Gasteiger partial charge in [0, 0.05) is 22.9 Å². The molecule has 2 aromatic heterocycles. The Hall–Kier alpha value is -6.26. The lowest BCUT2D eigenvalue weighted by Crippen LogP contribution is -2.34. The zero-order chi connectivity index (χ0) is 52.0. The Labute approximate surface area is 387 Å². The normalized spacial score (nSPS) is 14.3. The molecule has 63 heavy (non-hydrogen) atoms. The SMILES string of the molecule is [2H]c1nc(-c2cc(-c3cccc4c3nc(-c3cc(C(C)C)cc(C(C)C)c3O)n4-c3ccc(C(C)(C)C(C)(C)C)cc3-c3ccccc3)cc(C(C)(C)C)c2)c([2H])c(-c2c([2H])c([2H])c([2H])c([2H])c2[2H])c1[2H]. The molecule has 4 heteroatoms. The molecule has 8 rings (SSSR count). The summed E-state index contributed by atoms with van der Waals surface area (Å²) in [6, 6.07) is 29.3. The van der Waals surface area contributed by atoms with Crippen molar-refractivity contribution >= 4 is 11.0 Å². The average molecular weight is 838 g/mol. The summed E-state index contributed by atoms with van der Waals surface area (Å²) in [6.45, 7) is 26.0. The van der Waals surface area contributed by atoms with Crippen LogP contribution in [0.2, 0.25) is 0 Å². The maximum Gasteiger partial charge on any atom is 0.149 e. The molecule has 0 aliphatic rings. The van der Waals surface area contributed by atoms with E-state index in [-0.39, 0.29) is 51.3 Å². The first-order valence-corrected chi connectivity index (χ1v) is 22.0. The highest BCUT2D eigenvalue weighted by Gasteiger charge is 2.35. The molecule has 0 atom stereocenters. The molecule has 0 aliphatic carbocycles. The van der Waals surface area contributed by atoms with Gasteiger partial charge in [0.2, 0.25) is 0 Å². The number of para-hydroxylation sites is 1. The third kappa shape index (κ3) is 8.24. The first-order chi connectivity index (χ1) is 33.1. The largest absolute Gasteiger partial charge is 0.507 e. The van der Waals surface area contributed by atoms with Crippen molar-refractivity contribution in [2.75, 3.05) is 0 Å². The van der Waals surface area contributed by atoms with Crippen molar-refractivity contribution in [3.05, 3.63) is 168 Å².